The zero-order chi connectivity index (χ0) is 12.8. The molecule has 0 N–H and O–H groups in total. The normalized spacial score (nSPS) is 15.2. The molecule has 3 heteroatoms. The molecule has 0 aliphatic carbocycles. The van der Waals surface area contributed by atoms with Gasteiger partial charge in [-0.05, 0) is 24.0 Å². The largest absolute Gasteiger partial charge is 0.449 e. The van der Waals surface area contributed by atoms with Crippen LogP contribution in [0.15, 0.2) is 36.4 Å². The molecule has 0 saturated carbocycles. The standard InChI is InChI=1S/C15H19NO2/c1-2-12-18-15(17)16-10-8-14(9-11-16)13-6-4-3-5-7-13/h3-8H,2,9-12H2,1H3. The Morgan fingerprint density at radius 2 is 2.11 bits per heavy atom. The van der Waals surface area contributed by atoms with Gasteiger partial charge in [0, 0.05) is 13.1 Å². The summed E-state index contributed by atoms with van der Waals surface area (Å²) in [6.45, 7) is 3.89. The van der Waals surface area contributed by atoms with Gasteiger partial charge < -0.3 is 9.64 Å². The lowest BCUT2D eigenvalue weighted by Gasteiger charge is -2.25. The molecule has 0 aromatic heterocycles. The van der Waals surface area contributed by atoms with Gasteiger partial charge in [-0.2, -0.15) is 0 Å². The number of ether oxygens (including phenoxy) is 1. The predicted octanol–water partition coefficient (Wildman–Crippen LogP) is 3.32. The third-order valence-electron chi connectivity index (χ3n) is 3.04. The topological polar surface area (TPSA) is 29.5 Å². The summed E-state index contributed by atoms with van der Waals surface area (Å²) in [6, 6.07) is 10.3. The second-order valence-corrected chi connectivity index (χ2v) is 4.41. The van der Waals surface area contributed by atoms with Crippen LogP contribution in [0, 0.1) is 0 Å². The molecule has 1 heterocycles. The number of hydrogen-bond donors (Lipinski definition) is 0. The number of nitrogens with zero attached hydrogens (tertiary/aromatic N) is 1. The minimum atomic E-state index is -0.194. The Kier molecular flexibility index (Phi) is 4.40. The zero-order valence-electron chi connectivity index (χ0n) is 10.8. The van der Waals surface area contributed by atoms with E-state index >= 15 is 0 Å². The van der Waals surface area contributed by atoms with Crippen LogP contribution in [0.5, 0.6) is 0 Å². The van der Waals surface area contributed by atoms with Gasteiger partial charge in [-0.25, -0.2) is 4.79 Å². The molecule has 96 valence electrons. The van der Waals surface area contributed by atoms with Gasteiger partial charge >= 0.3 is 6.09 Å². The highest BCUT2D eigenvalue weighted by Crippen LogP contribution is 2.22. The monoisotopic (exact) mass is 245 g/mol. The highest BCUT2D eigenvalue weighted by atomic mass is 16.6. The molecular formula is C15H19NO2. The van der Waals surface area contributed by atoms with E-state index in [0.717, 1.165) is 19.4 Å². The number of carbonyl (C=O) groups excluding carboxylic acids is 1. The summed E-state index contributed by atoms with van der Waals surface area (Å²) in [5.74, 6) is 0. The van der Waals surface area contributed by atoms with Crippen LogP contribution in [0.2, 0.25) is 0 Å². The summed E-state index contributed by atoms with van der Waals surface area (Å²) < 4.78 is 5.13. The summed E-state index contributed by atoms with van der Waals surface area (Å²) in [5, 5.41) is 0. The molecule has 1 aromatic carbocycles. The van der Waals surface area contributed by atoms with Crippen molar-refractivity contribution in [3.63, 3.8) is 0 Å². The smallest absolute Gasteiger partial charge is 0.410 e. The molecule has 0 spiro atoms. The quantitative estimate of drug-likeness (QED) is 0.817. The third-order valence-corrected chi connectivity index (χ3v) is 3.04. The van der Waals surface area contributed by atoms with Crippen molar-refractivity contribution in [2.24, 2.45) is 0 Å². The fourth-order valence-corrected chi connectivity index (χ4v) is 2.03. The highest BCUT2D eigenvalue weighted by molar-refractivity contribution is 5.72. The van der Waals surface area contributed by atoms with Crippen LogP contribution in [-0.2, 0) is 4.74 Å². The second-order valence-electron chi connectivity index (χ2n) is 4.41. The fraction of sp³-hybridized carbons (Fsp3) is 0.400. The van der Waals surface area contributed by atoms with Crippen LogP contribution in [-0.4, -0.2) is 30.7 Å². The minimum absolute atomic E-state index is 0.194. The molecule has 0 fully saturated rings. The van der Waals surface area contributed by atoms with E-state index < -0.39 is 0 Å². The Labute approximate surface area is 108 Å². The van der Waals surface area contributed by atoms with Gasteiger partial charge in [0.05, 0.1) is 6.61 Å². The number of benzene rings is 1. The summed E-state index contributed by atoms with van der Waals surface area (Å²) in [5.41, 5.74) is 2.56. The summed E-state index contributed by atoms with van der Waals surface area (Å²) in [4.78, 5) is 13.4. The van der Waals surface area contributed by atoms with E-state index in [1.807, 2.05) is 25.1 Å². The fourth-order valence-electron chi connectivity index (χ4n) is 2.03. The molecular weight excluding hydrogens is 226 g/mol. The molecule has 0 unspecified atom stereocenters. The van der Waals surface area contributed by atoms with E-state index in [-0.39, 0.29) is 6.09 Å². The Bertz CT molecular complexity index is 425. The van der Waals surface area contributed by atoms with Crippen LogP contribution in [0.25, 0.3) is 5.57 Å². The maximum atomic E-state index is 11.7. The van der Waals surface area contributed by atoms with Crippen molar-refractivity contribution < 1.29 is 9.53 Å². The Morgan fingerprint density at radius 1 is 1.33 bits per heavy atom. The van der Waals surface area contributed by atoms with Crippen molar-refractivity contribution in [1.82, 2.24) is 4.90 Å². The molecule has 1 amide bonds. The van der Waals surface area contributed by atoms with Crippen molar-refractivity contribution in [1.29, 1.82) is 0 Å². The summed E-state index contributed by atoms with van der Waals surface area (Å²) in [6.07, 6.45) is 3.68. The van der Waals surface area contributed by atoms with Gasteiger partial charge in [0.1, 0.15) is 0 Å². The molecule has 1 aromatic rings. The van der Waals surface area contributed by atoms with Crippen molar-refractivity contribution in [2.75, 3.05) is 19.7 Å². The zero-order valence-corrected chi connectivity index (χ0v) is 10.8. The van der Waals surface area contributed by atoms with Gasteiger partial charge in [0.2, 0.25) is 0 Å². The van der Waals surface area contributed by atoms with Gasteiger partial charge in [0.25, 0.3) is 0 Å². The lowest BCUT2D eigenvalue weighted by Crippen LogP contribution is -2.35. The van der Waals surface area contributed by atoms with Crippen LogP contribution in [0.3, 0.4) is 0 Å². The molecule has 3 nitrogen and oxygen atoms in total. The van der Waals surface area contributed by atoms with Gasteiger partial charge in [0.15, 0.2) is 0 Å². The summed E-state index contributed by atoms with van der Waals surface area (Å²) >= 11 is 0. The number of rotatable bonds is 3. The van der Waals surface area contributed by atoms with Crippen LogP contribution >= 0.6 is 0 Å². The molecule has 0 atom stereocenters. The average Bonchev–Trinajstić information content (AvgIpc) is 2.46. The maximum absolute atomic E-state index is 11.7. The molecule has 2 rings (SSSR count). The first-order valence-electron chi connectivity index (χ1n) is 6.47. The van der Waals surface area contributed by atoms with E-state index in [4.69, 9.17) is 4.74 Å². The molecule has 0 saturated heterocycles. The van der Waals surface area contributed by atoms with Gasteiger partial charge in [-0.15, -0.1) is 0 Å². The number of hydrogen-bond acceptors (Lipinski definition) is 2. The maximum Gasteiger partial charge on any atom is 0.410 e. The highest BCUT2D eigenvalue weighted by Gasteiger charge is 2.18. The lowest BCUT2D eigenvalue weighted by atomic mass is 10.00. The van der Waals surface area contributed by atoms with Crippen molar-refractivity contribution in [3.05, 3.63) is 42.0 Å². The van der Waals surface area contributed by atoms with Crippen LogP contribution in [0.1, 0.15) is 25.3 Å². The molecule has 0 radical (unpaired) electrons. The van der Waals surface area contributed by atoms with Gasteiger partial charge in [-0.3, -0.25) is 0 Å². The molecule has 18 heavy (non-hydrogen) atoms. The lowest BCUT2D eigenvalue weighted by molar-refractivity contribution is 0.106. The average molecular weight is 245 g/mol. The van der Waals surface area contributed by atoms with Crippen LogP contribution in [0.4, 0.5) is 4.79 Å². The first kappa shape index (κ1) is 12.7. The summed E-state index contributed by atoms with van der Waals surface area (Å²) in [7, 11) is 0. The SMILES string of the molecule is CCCOC(=O)N1CC=C(c2ccccc2)CC1. The number of amides is 1. The van der Waals surface area contributed by atoms with Crippen molar-refractivity contribution in [2.45, 2.75) is 19.8 Å². The van der Waals surface area contributed by atoms with Crippen LogP contribution < -0.4 is 0 Å². The first-order valence-corrected chi connectivity index (χ1v) is 6.47. The van der Waals surface area contributed by atoms with E-state index in [2.05, 4.69) is 18.2 Å². The van der Waals surface area contributed by atoms with E-state index in [1.165, 1.54) is 11.1 Å². The predicted molar refractivity (Wildman–Crippen MR) is 72.2 cm³/mol. The third kappa shape index (κ3) is 3.13. The van der Waals surface area contributed by atoms with Gasteiger partial charge in [-0.1, -0.05) is 43.3 Å². The Hall–Kier alpha value is -1.77. The molecule has 0 bridgehead atoms. The minimum Gasteiger partial charge on any atom is -0.449 e. The van der Waals surface area contributed by atoms with E-state index in [1.54, 1.807) is 4.90 Å². The Balaban J connectivity index is 1.94. The van der Waals surface area contributed by atoms with Crippen molar-refractivity contribution >= 4 is 11.7 Å². The van der Waals surface area contributed by atoms with E-state index in [0.29, 0.717) is 13.2 Å². The number of carbonyl (C=O) groups is 1. The van der Waals surface area contributed by atoms with E-state index in [9.17, 15) is 4.79 Å². The molecule has 1 aliphatic heterocycles. The van der Waals surface area contributed by atoms with Crippen molar-refractivity contribution in [3.8, 4) is 0 Å². The molecule has 1 aliphatic rings. The Morgan fingerprint density at radius 3 is 2.72 bits per heavy atom. The first-order chi connectivity index (χ1) is 8.81. The second kappa shape index (κ2) is 6.24.